The second kappa shape index (κ2) is 3.67. The Morgan fingerprint density at radius 3 is 2.75 bits per heavy atom. The lowest BCUT2D eigenvalue weighted by Gasteiger charge is -1.97. The smallest absolute Gasteiger partial charge is 0.219 e. The quantitative estimate of drug-likeness (QED) is 0.399. The molecule has 0 saturated heterocycles. The predicted molar refractivity (Wildman–Crippen MR) is 46.4 cm³/mol. The Morgan fingerprint density at radius 1 is 1.58 bits per heavy atom. The normalized spacial score (nSPS) is 9.25. The van der Waals surface area contributed by atoms with E-state index in [-0.39, 0.29) is 16.7 Å². The third-order valence-electron chi connectivity index (χ3n) is 1.07. The van der Waals surface area contributed by atoms with Gasteiger partial charge in [-0.3, -0.25) is 0 Å². The largest absolute Gasteiger partial charge is 0.244 e. The molecule has 12 heavy (non-hydrogen) atoms. The van der Waals surface area contributed by atoms with Crippen LogP contribution in [-0.2, 0) is 0 Å². The molecule has 1 rings (SSSR count). The maximum atomic E-state index is 12.9. The Kier molecular flexibility index (Phi) is 2.81. The fraction of sp³-hybridized carbons (Fsp3) is 0.167. The van der Waals surface area contributed by atoms with Crippen LogP contribution < -0.4 is 0 Å². The van der Waals surface area contributed by atoms with Gasteiger partial charge in [-0.05, 0) is 19.1 Å². The molecule has 0 aliphatic rings. The molecule has 0 saturated carbocycles. The van der Waals surface area contributed by atoms with E-state index in [0.717, 1.165) is 0 Å². The molecule has 0 spiro atoms. The SMILES string of the molecule is Cc1nc(F)c(N=C=S)c(Cl)n1. The molecule has 0 unspecified atom stereocenters. The zero-order chi connectivity index (χ0) is 9.14. The van der Waals surface area contributed by atoms with Gasteiger partial charge < -0.3 is 0 Å². The maximum absolute atomic E-state index is 12.9. The van der Waals surface area contributed by atoms with E-state index in [4.69, 9.17) is 11.6 Å². The van der Waals surface area contributed by atoms with Crippen LogP contribution in [-0.4, -0.2) is 15.1 Å². The van der Waals surface area contributed by atoms with Crippen molar-refractivity contribution in [1.29, 1.82) is 0 Å². The molecule has 0 bridgehead atoms. The van der Waals surface area contributed by atoms with E-state index in [1.54, 1.807) is 0 Å². The lowest BCUT2D eigenvalue weighted by Crippen LogP contribution is -1.92. The van der Waals surface area contributed by atoms with Crippen LogP contribution in [0.15, 0.2) is 4.99 Å². The van der Waals surface area contributed by atoms with Crippen molar-refractivity contribution in [2.75, 3.05) is 0 Å². The topological polar surface area (TPSA) is 38.1 Å². The monoisotopic (exact) mass is 203 g/mol. The highest BCUT2D eigenvalue weighted by atomic mass is 35.5. The van der Waals surface area contributed by atoms with Crippen LogP contribution in [0.25, 0.3) is 0 Å². The number of isothiocyanates is 1. The van der Waals surface area contributed by atoms with Gasteiger partial charge in [-0.1, -0.05) is 11.6 Å². The Bertz CT molecular complexity index is 339. The third kappa shape index (κ3) is 1.82. The number of aromatic nitrogens is 2. The third-order valence-corrected chi connectivity index (χ3v) is 1.42. The molecule has 3 nitrogen and oxygen atoms in total. The lowest BCUT2D eigenvalue weighted by atomic mass is 10.5. The van der Waals surface area contributed by atoms with Gasteiger partial charge in [0.25, 0.3) is 0 Å². The van der Waals surface area contributed by atoms with Crippen LogP contribution in [0.2, 0.25) is 5.15 Å². The van der Waals surface area contributed by atoms with Gasteiger partial charge in [0.1, 0.15) is 5.82 Å². The van der Waals surface area contributed by atoms with Crippen molar-refractivity contribution in [3.8, 4) is 0 Å². The average molecular weight is 204 g/mol. The molecule has 1 aromatic rings. The van der Waals surface area contributed by atoms with Gasteiger partial charge in [-0.15, -0.1) is 0 Å². The molecule has 0 aromatic carbocycles. The van der Waals surface area contributed by atoms with Crippen LogP contribution in [0, 0.1) is 12.9 Å². The first-order valence-electron chi connectivity index (χ1n) is 2.92. The number of aryl methyl sites for hydroxylation is 1. The summed E-state index contributed by atoms with van der Waals surface area (Å²) in [6.07, 6.45) is 0. The van der Waals surface area contributed by atoms with Crippen molar-refractivity contribution in [1.82, 2.24) is 9.97 Å². The number of nitrogens with zero attached hydrogens (tertiary/aromatic N) is 3. The zero-order valence-electron chi connectivity index (χ0n) is 6.01. The molecule has 1 heterocycles. The summed E-state index contributed by atoms with van der Waals surface area (Å²) in [4.78, 5) is 10.5. The van der Waals surface area contributed by atoms with Gasteiger partial charge >= 0.3 is 0 Å². The molecule has 0 atom stereocenters. The van der Waals surface area contributed by atoms with E-state index in [1.165, 1.54) is 6.92 Å². The summed E-state index contributed by atoms with van der Waals surface area (Å²) in [7, 11) is 0. The van der Waals surface area contributed by atoms with Gasteiger partial charge in [0.15, 0.2) is 10.8 Å². The van der Waals surface area contributed by atoms with Crippen LogP contribution in [0.1, 0.15) is 5.82 Å². The first kappa shape index (κ1) is 9.19. The minimum Gasteiger partial charge on any atom is -0.219 e. The van der Waals surface area contributed by atoms with Crippen molar-refractivity contribution in [2.24, 2.45) is 4.99 Å². The van der Waals surface area contributed by atoms with Gasteiger partial charge in [0.05, 0.1) is 5.16 Å². The maximum Gasteiger partial charge on any atom is 0.244 e. The van der Waals surface area contributed by atoms with E-state index in [9.17, 15) is 4.39 Å². The van der Waals surface area contributed by atoms with Gasteiger partial charge in [0, 0.05) is 0 Å². The summed E-state index contributed by atoms with van der Waals surface area (Å²) in [6, 6.07) is 0. The van der Waals surface area contributed by atoms with Gasteiger partial charge in [-0.2, -0.15) is 9.38 Å². The second-order valence-corrected chi connectivity index (χ2v) is 2.44. The first-order valence-corrected chi connectivity index (χ1v) is 3.71. The summed E-state index contributed by atoms with van der Waals surface area (Å²) in [5, 5.41) is 1.93. The summed E-state index contributed by atoms with van der Waals surface area (Å²) in [5.74, 6) is -0.536. The fourth-order valence-corrected chi connectivity index (χ4v) is 0.972. The van der Waals surface area contributed by atoms with Crippen LogP contribution in [0.4, 0.5) is 10.1 Å². The Balaban J connectivity index is 3.37. The summed E-state index contributed by atoms with van der Waals surface area (Å²) < 4.78 is 12.9. The van der Waals surface area contributed by atoms with E-state index in [1.807, 2.05) is 5.16 Å². The van der Waals surface area contributed by atoms with E-state index in [2.05, 4.69) is 27.2 Å². The lowest BCUT2D eigenvalue weighted by molar-refractivity contribution is 0.577. The molecular formula is C6H3ClFN3S. The number of hydrogen-bond acceptors (Lipinski definition) is 4. The van der Waals surface area contributed by atoms with Crippen LogP contribution >= 0.6 is 23.8 Å². The molecule has 0 N–H and O–H groups in total. The second-order valence-electron chi connectivity index (χ2n) is 1.90. The van der Waals surface area contributed by atoms with Crippen molar-refractivity contribution in [2.45, 2.75) is 6.92 Å². The van der Waals surface area contributed by atoms with Crippen molar-refractivity contribution in [3.05, 3.63) is 16.9 Å². The molecular weight excluding hydrogens is 201 g/mol. The predicted octanol–water partition coefficient (Wildman–Crippen LogP) is 2.31. The zero-order valence-corrected chi connectivity index (χ0v) is 7.58. The number of halogens is 2. The van der Waals surface area contributed by atoms with Gasteiger partial charge in [-0.25, -0.2) is 9.97 Å². The number of thiocarbonyl (C=S) groups is 1. The average Bonchev–Trinajstić information content (AvgIpc) is 1.96. The standard InChI is InChI=1S/C6H3ClFN3S/c1-3-10-5(7)4(9-2-12)6(8)11-3/h1H3. The Labute approximate surface area is 78.3 Å². The summed E-state index contributed by atoms with van der Waals surface area (Å²) in [5.41, 5.74) is -0.169. The number of hydrogen-bond donors (Lipinski definition) is 0. The fourth-order valence-electron chi connectivity index (χ4n) is 0.638. The van der Waals surface area contributed by atoms with Gasteiger partial charge in [0.2, 0.25) is 5.95 Å². The van der Waals surface area contributed by atoms with Crippen molar-refractivity contribution < 1.29 is 4.39 Å². The molecule has 0 aliphatic heterocycles. The molecule has 6 heteroatoms. The van der Waals surface area contributed by atoms with Crippen molar-refractivity contribution >= 4 is 34.7 Å². The summed E-state index contributed by atoms with van der Waals surface area (Å²) >= 11 is 9.83. The minimum atomic E-state index is -0.787. The highest BCUT2D eigenvalue weighted by Gasteiger charge is 2.09. The Hall–Kier alpha value is -0.900. The molecule has 62 valence electrons. The molecule has 0 amide bonds. The highest BCUT2D eigenvalue weighted by Crippen LogP contribution is 2.23. The van der Waals surface area contributed by atoms with Crippen LogP contribution in [0.5, 0.6) is 0 Å². The Morgan fingerprint density at radius 2 is 2.25 bits per heavy atom. The van der Waals surface area contributed by atoms with E-state index in [0.29, 0.717) is 0 Å². The molecule has 0 aliphatic carbocycles. The highest BCUT2D eigenvalue weighted by molar-refractivity contribution is 7.78. The molecule has 1 aromatic heterocycles. The van der Waals surface area contributed by atoms with Crippen molar-refractivity contribution in [3.63, 3.8) is 0 Å². The summed E-state index contributed by atoms with van der Waals surface area (Å²) in [6.45, 7) is 1.53. The number of aliphatic imine (C=N–C) groups is 1. The molecule has 0 fully saturated rings. The first-order chi connectivity index (χ1) is 5.65. The number of rotatable bonds is 1. The molecule has 0 radical (unpaired) electrons. The van der Waals surface area contributed by atoms with E-state index >= 15 is 0 Å². The minimum absolute atomic E-state index is 0.0580. The van der Waals surface area contributed by atoms with E-state index < -0.39 is 5.95 Å². The van der Waals surface area contributed by atoms with Crippen LogP contribution in [0.3, 0.4) is 0 Å².